The number of allylic oxidation sites excluding steroid dienone is 3. The van der Waals surface area contributed by atoms with Crippen molar-refractivity contribution >= 4 is 23.2 Å². The average molecular weight is 552 g/mol. The number of ketones is 1. The maximum absolute atomic E-state index is 13.9. The first-order valence-corrected chi connectivity index (χ1v) is 14.5. The Morgan fingerprint density at radius 1 is 1.02 bits per heavy atom. The number of hydrogen-bond acceptors (Lipinski definition) is 5. The summed E-state index contributed by atoms with van der Waals surface area (Å²) in [5.41, 5.74) is 14.7. The monoisotopic (exact) mass is 551 g/mol. The predicted octanol–water partition coefficient (Wildman–Crippen LogP) is 7.98. The molecule has 204 valence electrons. The Morgan fingerprint density at radius 2 is 1.70 bits per heavy atom. The number of nitrogens with zero attached hydrogens (tertiary/aromatic N) is 2. The molecule has 1 unspecified atom stereocenters. The number of thioether (sulfide) groups is 1. The number of carbonyl (C=O) groups is 1. The zero-order valence-electron chi connectivity index (χ0n) is 23.6. The van der Waals surface area contributed by atoms with Crippen LogP contribution in [0.5, 0.6) is 0 Å². The van der Waals surface area contributed by atoms with E-state index in [4.69, 9.17) is 5.73 Å². The molecule has 0 amide bonds. The Kier molecular flexibility index (Phi) is 7.37. The summed E-state index contributed by atoms with van der Waals surface area (Å²) in [4.78, 5) is 16.8. The summed E-state index contributed by atoms with van der Waals surface area (Å²) in [5, 5.41) is 10.5. The molecule has 5 rings (SSSR count). The van der Waals surface area contributed by atoms with Gasteiger partial charge in [0.1, 0.15) is 11.6 Å². The van der Waals surface area contributed by atoms with Gasteiger partial charge in [-0.15, -0.1) is 11.8 Å². The van der Waals surface area contributed by atoms with Crippen LogP contribution in [0.15, 0.2) is 88.2 Å². The van der Waals surface area contributed by atoms with E-state index in [1.165, 1.54) is 12.1 Å². The largest absolute Gasteiger partial charge is 0.384 e. The third-order valence-corrected chi connectivity index (χ3v) is 8.98. The SMILES string of the molecule is Cc1ccc(N2C(N)=C(C#N)C(c3cc(CSc4ccc(F)cc4)c(C)cc3C)C3=C2CC(C)(C)CC3=O)cc1. The Balaban J connectivity index is 1.65. The first kappa shape index (κ1) is 27.7. The fourth-order valence-electron chi connectivity index (χ4n) is 5.88. The van der Waals surface area contributed by atoms with Gasteiger partial charge in [0.25, 0.3) is 0 Å². The van der Waals surface area contributed by atoms with E-state index >= 15 is 0 Å². The second-order valence-corrected chi connectivity index (χ2v) is 12.7. The fourth-order valence-corrected chi connectivity index (χ4v) is 6.84. The Morgan fingerprint density at radius 3 is 2.35 bits per heavy atom. The molecule has 3 aromatic rings. The van der Waals surface area contributed by atoms with Crippen molar-refractivity contribution in [3.63, 3.8) is 0 Å². The van der Waals surface area contributed by atoms with Gasteiger partial charge in [-0.2, -0.15) is 5.26 Å². The van der Waals surface area contributed by atoms with Crippen LogP contribution in [0.4, 0.5) is 10.1 Å². The Bertz CT molecular complexity index is 1590. The predicted molar refractivity (Wildman–Crippen MR) is 160 cm³/mol. The van der Waals surface area contributed by atoms with Gasteiger partial charge in [0.2, 0.25) is 0 Å². The van der Waals surface area contributed by atoms with Gasteiger partial charge in [0.05, 0.1) is 17.6 Å². The fraction of sp³-hybridized carbons (Fsp3) is 0.294. The van der Waals surface area contributed by atoms with Crippen LogP contribution in [-0.2, 0) is 10.5 Å². The Labute approximate surface area is 240 Å². The zero-order chi connectivity index (χ0) is 28.8. The summed E-state index contributed by atoms with van der Waals surface area (Å²) in [6, 6.07) is 21.2. The van der Waals surface area contributed by atoms with Crippen LogP contribution in [0.1, 0.15) is 60.4 Å². The van der Waals surface area contributed by atoms with Crippen LogP contribution in [-0.4, -0.2) is 5.78 Å². The standard InChI is InChI=1S/C34H34FN3OS/c1-20-6-10-25(11-7-20)38-29-16-34(4,5)17-30(39)32(29)31(28(18-36)33(38)37)27-15-23(21(2)14-22(27)3)19-40-26-12-8-24(35)9-13-26/h6-15,31H,16-17,19,37H2,1-5H3. The molecule has 1 aliphatic heterocycles. The topological polar surface area (TPSA) is 70.1 Å². The molecule has 4 nitrogen and oxygen atoms in total. The van der Waals surface area contributed by atoms with E-state index in [0.717, 1.165) is 44.1 Å². The number of benzene rings is 3. The molecule has 0 saturated carbocycles. The highest BCUT2D eigenvalue weighted by molar-refractivity contribution is 7.98. The average Bonchev–Trinajstić information content (AvgIpc) is 2.89. The molecule has 0 fully saturated rings. The van der Waals surface area contributed by atoms with Gasteiger partial charge < -0.3 is 5.73 Å². The first-order chi connectivity index (χ1) is 19.0. The number of rotatable bonds is 5. The van der Waals surface area contributed by atoms with Gasteiger partial charge in [-0.1, -0.05) is 43.7 Å². The molecule has 1 atom stereocenters. The number of carbonyl (C=O) groups excluding carboxylic acids is 1. The summed E-state index contributed by atoms with van der Waals surface area (Å²) < 4.78 is 13.4. The Hall–Kier alpha value is -3.82. The van der Waals surface area contributed by atoms with Crippen molar-refractivity contribution in [1.82, 2.24) is 0 Å². The number of Topliss-reactive ketones (excluding diaryl/α,β-unsaturated/α-hetero) is 1. The van der Waals surface area contributed by atoms with Crippen LogP contribution in [0, 0.1) is 43.3 Å². The van der Waals surface area contributed by atoms with Crippen molar-refractivity contribution < 1.29 is 9.18 Å². The van der Waals surface area contributed by atoms with Crippen molar-refractivity contribution in [2.45, 2.75) is 64.0 Å². The summed E-state index contributed by atoms with van der Waals surface area (Å²) in [6.45, 7) is 10.4. The lowest BCUT2D eigenvalue weighted by Crippen LogP contribution is -2.42. The highest BCUT2D eigenvalue weighted by atomic mass is 32.2. The molecule has 2 N–H and O–H groups in total. The molecule has 2 aliphatic rings. The molecular formula is C34H34FN3OS. The number of aryl methyl sites for hydroxylation is 3. The van der Waals surface area contributed by atoms with Crippen molar-refractivity contribution in [2.24, 2.45) is 11.1 Å². The molecule has 0 bridgehead atoms. The van der Waals surface area contributed by atoms with E-state index in [1.54, 1.807) is 23.9 Å². The van der Waals surface area contributed by atoms with Crippen molar-refractivity contribution in [3.05, 3.63) is 117 Å². The lowest BCUT2D eigenvalue weighted by molar-refractivity contribution is -0.118. The highest BCUT2D eigenvalue weighted by Crippen LogP contribution is 2.51. The molecule has 3 aromatic carbocycles. The van der Waals surface area contributed by atoms with Crippen LogP contribution in [0.3, 0.4) is 0 Å². The van der Waals surface area contributed by atoms with Crippen LogP contribution in [0.2, 0.25) is 0 Å². The van der Waals surface area contributed by atoms with Gasteiger partial charge in [0, 0.05) is 34.0 Å². The smallest absolute Gasteiger partial charge is 0.162 e. The van der Waals surface area contributed by atoms with Gasteiger partial charge in [-0.25, -0.2) is 4.39 Å². The third kappa shape index (κ3) is 5.19. The second-order valence-electron chi connectivity index (χ2n) is 11.7. The molecule has 0 spiro atoms. The third-order valence-electron chi connectivity index (χ3n) is 7.92. The minimum atomic E-state index is -0.527. The summed E-state index contributed by atoms with van der Waals surface area (Å²) in [6.07, 6.45) is 1.09. The van der Waals surface area contributed by atoms with E-state index in [0.29, 0.717) is 35.6 Å². The molecule has 6 heteroatoms. The van der Waals surface area contributed by atoms with E-state index in [-0.39, 0.29) is 17.0 Å². The summed E-state index contributed by atoms with van der Waals surface area (Å²) in [5.74, 6) is 0.341. The van der Waals surface area contributed by atoms with Crippen LogP contribution < -0.4 is 10.6 Å². The van der Waals surface area contributed by atoms with Gasteiger partial charge >= 0.3 is 0 Å². The number of nitriles is 1. The minimum absolute atomic E-state index is 0.0656. The second kappa shape index (κ2) is 10.6. The normalized spacial score (nSPS) is 18.6. The van der Waals surface area contributed by atoms with Crippen molar-refractivity contribution in [2.75, 3.05) is 4.90 Å². The number of hydrogen-bond donors (Lipinski definition) is 1. The van der Waals surface area contributed by atoms with Crippen molar-refractivity contribution in [3.8, 4) is 6.07 Å². The zero-order valence-corrected chi connectivity index (χ0v) is 24.5. The van der Waals surface area contributed by atoms with Gasteiger partial charge in [-0.3, -0.25) is 9.69 Å². The lowest BCUT2D eigenvalue weighted by atomic mass is 9.68. The molecule has 0 aromatic heterocycles. The summed E-state index contributed by atoms with van der Waals surface area (Å²) >= 11 is 1.63. The number of anilines is 1. The van der Waals surface area contributed by atoms with E-state index in [1.807, 2.05) is 43.0 Å². The highest BCUT2D eigenvalue weighted by Gasteiger charge is 2.45. The van der Waals surface area contributed by atoms with Crippen molar-refractivity contribution in [1.29, 1.82) is 5.26 Å². The first-order valence-electron chi connectivity index (χ1n) is 13.5. The van der Waals surface area contributed by atoms with E-state index < -0.39 is 5.92 Å². The lowest BCUT2D eigenvalue weighted by Gasteiger charge is -2.44. The number of halogens is 1. The van der Waals surface area contributed by atoms with Crippen LogP contribution in [0.25, 0.3) is 0 Å². The van der Waals surface area contributed by atoms with Gasteiger partial charge in [0.15, 0.2) is 5.78 Å². The quantitative estimate of drug-likeness (QED) is 0.326. The van der Waals surface area contributed by atoms with Crippen LogP contribution >= 0.6 is 11.8 Å². The molecule has 0 radical (unpaired) electrons. The maximum atomic E-state index is 13.9. The molecular weight excluding hydrogens is 517 g/mol. The summed E-state index contributed by atoms with van der Waals surface area (Å²) in [7, 11) is 0. The van der Waals surface area contributed by atoms with E-state index in [9.17, 15) is 14.4 Å². The minimum Gasteiger partial charge on any atom is -0.384 e. The van der Waals surface area contributed by atoms with E-state index in [2.05, 4.69) is 39.0 Å². The maximum Gasteiger partial charge on any atom is 0.162 e. The molecule has 40 heavy (non-hydrogen) atoms. The van der Waals surface area contributed by atoms with Gasteiger partial charge in [-0.05, 0) is 91.3 Å². The molecule has 1 aliphatic carbocycles. The number of nitrogens with two attached hydrogens (primary N) is 1. The molecule has 0 saturated heterocycles. The molecule has 1 heterocycles.